The lowest BCUT2D eigenvalue weighted by molar-refractivity contribution is 0.944. The zero-order valence-corrected chi connectivity index (χ0v) is 10.2. The van der Waals surface area contributed by atoms with Gasteiger partial charge in [0, 0.05) is 24.0 Å². The molecule has 1 heterocycles. The number of aromatic nitrogens is 1. The maximum absolute atomic E-state index is 12.1. The Bertz CT molecular complexity index is 618. The number of aromatic amines is 1. The Morgan fingerprint density at radius 3 is 2.50 bits per heavy atom. The van der Waals surface area contributed by atoms with E-state index in [9.17, 15) is 4.79 Å². The van der Waals surface area contributed by atoms with E-state index in [0.29, 0.717) is 18.8 Å². The predicted octanol–water partition coefficient (Wildman–Crippen LogP) is 2.71. The molecule has 0 fully saturated rings. The number of H-pyrrole nitrogens is 1. The molecule has 3 heteroatoms. The van der Waals surface area contributed by atoms with Crippen LogP contribution in [0.15, 0.2) is 60.4 Å². The van der Waals surface area contributed by atoms with Crippen LogP contribution < -0.4 is 10.5 Å². The summed E-state index contributed by atoms with van der Waals surface area (Å²) in [6.45, 7) is 8.66. The maximum atomic E-state index is 12.1. The normalized spacial score (nSPS) is 10.2. The summed E-state index contributed by atoms with van der Waals surface area (Å²) in [4.78, 5) is 16.9. The number of fused-ring (bicyclic) bond motifs is 1. The van der Waals surface area contributed by atoms with Crippen molar-refractivity contribution in [1.29, 1.82) is 0 Å². The Morgan fingerprint density at radius 1 is 1.17 bits per heavy atom. The fourth-order valence-corrected chi connectivity index (χ4v) is 1.95. The molecule has 0 saturated carbocycles. The number of hydrogen-bond acceptors (Lipinski definition) is 2. The molecular weight excluding hydrogens is 224 g/mol. The topological polar surface area (TPSA) is 36.1 Å². The first-order valence-corrected chi connectivity index (χ1v) is 5.85. The molecule has 2 rings (SSSR count). The molecule has 0 unspecified atom stereocenters. The fourth-order valence-electron chi connectivity index (χ4n) is 1.95. The highest BCUT2D eigenvalue weighted by Crippen LogP contribution is 2.15. The number of hydrogen-bond donors (Lipinski definition) is 1. The zero-order chi connectivity index (χ0) is 13.0. The van der Waals surface area contributed by atoms with Gasteiger partial charge in [0.15, 0.2) is 0 Å². The third-order valence-electron chi connectivity index (χ3n) is 2.77. The van der Waals surface area contributed by atoms with Crippen LogP contribution >= 0.6 is 0 Å². The lowest BCUT2D eigenvalue weighted by Crippen LogP contribution is -2.29. The molecule has 1 aromatic heterocycles. The number of nitrogens with zero attached hydrogens (tertiary/aromatic N) is 1. The summed E-state index contributed by atoms with van der Waals surface area (Å²) in [5, 5.41) is 1.02. The molecule has 18 heavy (non-hydrogen) atoms. The van der Waals surface area contributed by atoms with E-state index in [1.54, 1.807) is 12.2 Å². The Labute approximate surface area is 106 Å². The minimum absolute atomic E-state index is 0.0857. The van der Waals surface area contributed by atoms with Crippen LogP contribution in [0.25, 0.3) is 10.9 Å². The van der Waals surface area contributed by atoms with Crippen LogP contribution in [0.1, 0.15) is 0 Å². The number of nitrogens with one attached hydrogen (secondary N) is 1. The highest BCUT2D eigenvalue weighted by Gasteiger charge is 2.08. The van der Waals surface area contributed by atoms with Crippen LogP contribution in [0.4, 0.5) is 5.69 Å². The third-order valence-corrected chi connectivity index (χ3v) is 2.77. The van der Waals surface area contributed by atoms with Crippen molar-refractivity contribution in [1.82, 2.24) is 4.98 Å². The van der Waals surface area contributed by atoms with Crippen LogP contribution in [0.3, 0.4) is 0 Å². The summed E-state index contributed by atoms with van der Waals surface area (Å²) in [7, 11) is 0. The van der Waals surface area contributed by atoms with E-state index in [4.69, 9.17) is 0 Å². The Hall–Kier alpha value is -2.29. The van der Waals surface area contributed by atoms with Gasteiger partial charge in [-0.2, -0.15) is 0 Å². The lowest BCUT2D eigenvalue weighted by Gasteiger charge is -2.20. The standard InChI is InChI=1S/C15H16N2O/c1-3-9-17(10-4-2)14-11-12-7-5-6-8-13(12)16-15(14)18/h3-8,11H,1-2,9-10H2,(H,16,18). The predicted molar refractivity (Wildman–Crippen MR) is 77.2 cm³/mol. The summed E-state index contributed by atoms with van der Waals surface area (Å²) in [6.07, 6.45) is 3.55. The molecule has 0 radical (unpaired) electrons. The van der Waals surface area contributed by atoms with Crippen molar-refractivity contribution in [3.05, 3.63) is 66.0 Å². The Kier molecular flexibility index (Phi) is 3.63. The third kappa shape index (κ3) is 2.35. The molecule has 2 aromatic rings. The van der Waals surface area contributed by atoms with Gasteiger partial charge in [-0.3, -0.25) is 4.79 Å². The highest BCUT2D eigenvalue weighted by atomic mass is 16.1. The number of pyridine rings is 1. The SMILES string of the molecule is C=CCN(CC=C)c1cc2ccccc2[nH]c1=O. The van der Waals surface area contributed by atoms with Crippen LogP contribution in [0.2, 0.25) is 0 Å². The second kappa shape index (κ2) is 5.36. The van der Waals surface area contributed by atoms with Gasteiger partial charge in [-0.25, -0.2) is 0 Å². The molecule has 0 bridgehead atoms. The monoisotopic (exact) mass is 240 g/mol. The van der Waals surface area contributed by atoms with Crippen molar-refractivity contribution in [2.24, 2.45) is 0 Å². The van der Waals surface area contributed by atoms with Crippen LogP contribution in [-0.2, 0) is 0 Å². The maximum Gasteiger partial charge on any atom is 0.272 e. The first kappa shape index (κ1) is 12.2. The lowest BCUT2D eigenvalue weighted by atomic mass is 10.2. The molecule has 0 saturated heterocycles. The van der Waals surface area contributed by atoms with Crippen molar-refractivity contribution in [3.8, 4) is 0 Å². The number of rotatable bonds is 5. The van der Waals surface area contributed by atoms with Crippen LogP contribution in [-0.4, -0.2) is 18.1 Å². The molecule has 3 nitrogen and oxygen atoms in total. The van der Waals surface area contributed by atoms with Gasteiger partial charge < -0.3 is 9.88 Å². The molecule has 1 N–H and O–H groups in total. The van der Waals surface area contributed by atoms with Gasteiger partial charge in [0.05, 0.1) is 0 Å². The average Bonchev–Trinajstić information content (AvgIpc) is 2.38. The summed E-state index contributed by atoms with van der Waals surface area (Å²) in [6, 6.07) is 9.64. The second-order valence-electron chi connectivity index (χ2n) is 4.05. The highest BCUT2D eigenvalue weighted by molar-refractivity contribution is 5.81. The smallest absolute Gasteiger partial charge is 0.272 e. The number of benzene rings is 1. The van der Waals surface area contributed by atoms with E-state index in [2.05, 4.69) is 18.1 Å². The Balaban J connectivity index is 2.54. The van der Waals surface area contributed by atoms with E-state index in [1.165, 1.54) is 0 Å². The molecule has 92 valence electrons. The minimum atomic E-state index is -0.0857. The zero-order valence-electron chi connectivity index (χ0n) is 10.2. The average molecular weight is 240 g/mol. The van der Waals surface area contributed by atoms with Gasteiger partial charge in [0.1, 0.15) is 5.69 Å². The van der Waals surface area contributed by atoms with E-state index in [0.717, 1.165) is 10.9 Å². The molecular formula is C15H16N2O. The van der Waals surface area contributed by atoms with E-state index in [1.807, 2.05) is 35.2 Å². The summed E-state index contributed by atoms with van der Waals surface area (Å²) >= 11 is 0. The van der Waals surface area contributed by atoms with Crippen molar-refractivity contribution >= 4 is 16.6 Å². The summed E-state index contributed by atoms with van der Waals surface area (Å²) < 4.78 is 0. The van der Waals surface area contributed by atoms with Crippen molar-refractivity contribution in [3.63, 3.8) is 0 Å². The minimum Gasteiger partial charge on any atom is -0.360 e. The Morgan fingerprint density at radius 2 is 1.83 bits per heavy atom. The second-order valence-corrected chi connectivity index (χ2v) is 4.05. The first-order chi connectivity index (χ1) is 8.76. The van der Waals surface area contributed by atoms with Crippen molar-refractivity contribution < 1.29 is 0 Å². The van der Waals surface area contributed by atoms with Crippen LogP contribution in [0.5, 0.6) is 0 Å². The van der Waals surface area contributed by atoms with Gasteiger partial charge in [0.2, 0.25) is 0 Å². The molecule has 0 amide bonds. The molecule has 0 atom stereocenters. The van der Waals surface area contributed by atoms with E-state index < -0.39 is 0 Å². The van der Waals surface area contributed by atoms with Gasteiger partial charge in [0.25, 0.3) is 5.56 Å². The molecule has 0 aliphatic carbocycles. The molecule has 0 aliphatic heterocycles. The van der Waals surface area contributed by atoms with Gasteiger partial charge in [-0.1, -0.05) is 30.4 Å². The summed E-state index contributed by atoms with van der Waals surface area (Å²) in [5.74, 6) is 0. The van der Waals surface area contributed by atoms with Gasteiger partial charge >= 0.3 is 0 Å². The quantitative estimate of drug-likeness (QED) is 0.816. The van der Waals surface area contributed by atoms with Crippen LogP contribution in [0, 0.1) is 0 Å². The number of para-hydroxylation sites is 1. The summed E-state index contributed by atoms with van der Waals surface area (Å²) in [5.41, 5.74) is 1.41. The fraction of sp³-hybridized carbons (Fsp3) is 0.133. The number of anilines is 1. The van der Waals surface area contributed by atoms with Gasteiger partial charge in [-0.15, -0.1) is 13.2 Å². The molecule has 0 spiro atoms. The first-order valence-electron chi connectivity index (χ1n) is 5.85. The largest absolute Gasteiger partial charge is 0.360 e. The molecule has 0 aliphatic rings. The molecule has 1 aromatic carbocycles. The van der Waals surface area contributed by atoms with Gasteiger partial charge in [-0.05, 0) is 12.1 Å². The van der Waals surface area contributed by atoms with E-state index in [-0.39, 0.29) is 5.56 Å². The van der Waals surface area contributed by atoms with Crippen molar-refractivity contribution in [2.45, 2.75) is 0 Å². The van der Waals surface area contributed by atoms with Crippen molar-refractivity contribution in [2.75, 3.05) is 18.0 Å². The van der Waals surface area contributed by atoms with E-state index >= 15 is 0 Å².